The molecule has 1 aromatic heterocycles. The quantitative estimate of drug-likeness (QED) is 0.809. The Morgan fingerprint density at radius 2 is 2.35 bits per heavy atom. The highest BCUT2D eigenvalue weighted by molar-refractivity contribution is 7.10. The lowest BCUT2D eigenvalue weighted by Gasteiger charge is -2.27. The number of amides is 1. The molecule has 0 aromatic carbocycles. The smallest absolute Gasteiger partial charge is 0.236 e. The number of carbonyl (C=O) groups excluding carboxylic acids is 1. The third-order valence-electron chi connectivity index (χ3n) is 3.96. The number of nitrogens with zero attached hydrogens (tertiary/aromatic N) is 2. The van der Waals surface area contributed by atoms with Crippen molar-refractivity contribution in [2.24, 2.45) is 0 Å². The molecule has 1 N–H and O–H groups in total. The molecule has 112 valence electrons. The van der Waals surface area contributed by atoms with Crippen LogP contribution < -0.4 is 5.32 Å². The van der Waals surface area contributed by atoms with Gasteiger partial charge >= 0.3 is 0 Å². The summed E-state index contributed by atoms with van der Waals surface area (Å²) in [7, 11) is 2.11. The number of carbonyl (C=O) groups is 1. The Morgan fingerprint density at radius 1 is 1.55 bits per heavy atom. The zero-order chi connectivity index (χ0) is 14.5. The van der Waals surface area contributed by atoms with Gasteiger partial charge in [-0.3, -0.25) is 4.79 Å². The van der Waals surface area contributed by atoms with E-state index in [0.29, 0.717) is 12.6 Å². The lowest BCUT2D eigenvalue weighted by atomic mass is 10.1. The van der Waals surface area contributed by atoms with Crippen LogP contribution in [-0.2, 0) is 17.8 Å². The molecule has 0 atom stereocenters. The van der Waals surface area contributed by atoms with Gasteiger partial charge in [-0.25, -0.2) is 0 Å². The third kappa shape index (κ3) is 4.04. The molecule has 0 saturated carbocycles. The van der Waals surface area contributed by atoms with Crippen molar-refractivity contribution in [2.45, 2.75) is 32.9 Å². The van der Waals surface area contributed by atoms with Crippen molar-refractivity contribution in [1.29, 1.82) is 0 Å². The van der Waals surface area contributed by atoms with E-state index in [4.69, 9.17) is 0 Å². The van der Waals surface area contributed by atoms with Crippen LogP contribution in [0.5, 0.6) is 0 Å². The summed E-state index contributed by atoms with van der Waals surface area (Å²) >= 11 is 1.81. The van der Waals surface area contributed by atoms with Crippen molar-refractivity contribution < 1.29 is 4.79 Å². The van der Waals surface area contributed by atoms with Crippen LogP contribution in [0.3, 0.4) is 0 Å². The standard InChI is InChI=1S/C15H25N3OS/c1-12(2)17(3)8-6-16-10-15(19)18-7-4-14-13(11-18)5-9-20-14/h5,9,12,16H,4,6-8,10-11H2,1-3H3. The topological polar surface area (TPSA) is 35.6 Å². The summed E-state index contributed by atoms with van der Waals surface area (Å²) in [6.45, 7) is 8.28. The van der Waals surface area contributed by atoms with E-state index >= 15 is 0 Å². The van der Waals surface area contributed by atoms with Crippen molar-refractivity contribution in [1.82, 2.24) is 15.1 Å². The van der Waals surface area contributed by atoms with Gasteiger partial charge in [-0.2, -0.15) is 0 Å². The molecular formula is C15H25N3OS. The highest BCUT2D eigenvalue weighted by Crippen LogP contribution is 2.23. The maximum atomic E-state index is 12.2. The van der Waals surface area contributed by atoms with Crippen LogP contribution in [0.1, 0.15) is 24.3 Å². The third-order valence-corrected chi connectivity index (χ3v) is 4.98. The van der Waals surface area contributed by atoms with Gasteiger partial charge in [-0.1, -0.05) is 0 Å². The van der Waals surface area contributed by atoms with Crippen molar-refractivity contribution in [3.63, 3.8) is 0 Å². The Hall–Kier alpha value is -0.910. The van der Waals surface area contributed by atoms with Gasteiger partial charge in [0, 0.05) is 37.1 Å². The van der Waals surface area contributed by atoms with Crippen molar-refractivity contribution in [3.05, 3.63) is 21.9 Å². The molecule has 2 heterocycles. The normalized spacial score (nSPS) is 14.9. The monoisotopic (exact) mass is 295 g/mol. The van der Waals surface area contributed by atoms with E-state index < -0.39 is 0 Å². The molecule has 5 heteroatoms. The molecule has 1 aliphatic heterocycles. The summed E-state index contributed by atoms with van der Waals surface area (Å²) in [4.78, 5) is 17.8. The number of thiophene rings is 1. The highest BCUT2D eigenvalue weighted by atomic mass is 32.1. The van der Waals surface area contributed by atoms with Crippen LogP contribution in [0.15, 0.2) is 11.4 Å². The molecule has 0 aliphatic carbocycles. The minimum Gasteiger partial charge on any atom is -0.337 e. The van der Waals surface area contributed by atoms with Crippen LogP contribution in [-0.4, -0.2) is 55.0 Å². The van der Waals surface area contributed by atoms with Gasteiger partial charge in [0.2, 0.25) is 5.91 Å². The van der Waals surface area contributed by atoms with E-state index in [1.165, 1.54) is 10.4 Å². The van der Waals surface area contributed by atoms with E-state index in [9.17, 15) is 4.79 Å². The number of fused-ring (bicyclic) bond motifs is 1. The average molecular weight is 295 g/mol. The van der Waals surface area contributed by atoms with E-state index in [-0.39, 0.29) is 5.91 Å². The summed E-state index contributed by atoms with van der Waals surface area (Å²) in [5.41, 5.74) is 1.33. The van der Waals surface area contributed by atoms with Gasteiger partial charge in [0.05, 0.1) is 6.54 Å². The molecule has 0 saturated heterocycles. The molecule has 0 unspecified atom stereocenters. The van der Waals surface area contributed by atoms with E-state index in [2.05, 4.69) is 42.6 Å². The zero-order valence-corrected chi connectivity index (χ0v) is 13.5. The minimum absolute atomic E-state index is 0.217. The first-order chi connectivity index (χ1) is 9.58. The predicted octanol–water partition coefficient (Wildman–Crippen LogP) is 1.56. The van der Waals surface area contributed by atoms with Crippen molar-refractivity contribution in [2.75, 3.05) is 33.2 Å². The fourth-order valence-electron chi connectivity index (χ4n) is 2.28. The number of nitrogens with one attached hydrogen (secondary N) is 1. The molecule has 1 aliphatic rings. The fraction of sp³-hybridized carbons (Fsp3) is 0.667. The fourth-order valence-corrected chi connectivity index (χ4v) is 3.17. The SMILES string of the molecule is CC(C)N(C)CCNCC(=O)N1CCc2sccc2C1. The molecule has 0 spiro atoms. The van der Waals surface area contributed by atoms with E-state index in [1.807, 2.05) is 16.2 Å². The molecule has 0 radical (unpaired) electrons. The molecule has 1 amide bonds. The van der Waals surface area contributed by atoms with Crippen LogP contribution in [0.2, 0.25) is 0 Å². The summed E-state index contributed by atoms with van der Waals surface area (Å²) in [5, 5.41) is 5.38. The average Bonchev–Trinajstić information content (AvgIpc) is 2.90. The van der Waals surface area contributed by atoms with Gasteiger partial charge < -0.3 is 15.1 Å². The highest BCUT2D eigenvalue weighted by Gasteiger charge is 2.20. The lowest BCUT2D eigenvalue weighted by Crippen LogP contribution is -2.42. The zero-order valence-electron chi connectivity index (χ0n) is 12.7. The Kier molecular flexibility index (Phi) is 5.57. The lowest BCUT2D eigenvalue weighted by molar-refractivity contribution is -0.131. The van der Waals surface area contributed by atoms with Gasteiger partial charge in [-0.05, 0) is 44.3 Å². The van der Waals surface area contributed by atoms with Gasteiger partial charge in [-0.15, -0.1) is 11.3 Å². The molecule has 0 bridgehead atoms. The van der Waals surface area contributed by atoms with Crippen LogP contribution in [0, 0.1) is 0 Å². The second-order valence-corrected chi connectivity index (χ2v) is 6.69. The first kappa shape index (κ1) is 15.5. The second-order valence-electron chi connectivity index (χ2n) is 5.69. The Morgan fingerprint density at radius 3 is 3.10 bits per heavy atom. The first-order valence-corrected chi connectivity index (χ1v) is 8.20. The van der Waals surface area contributed by atoms with Gasteiger partial charge in [0.1, 0.15) is 0 Å². The Labute approximate surface area is 125 Å². The van der Waals surface area contributed by atoms with Crippen LogP contribution in [0.4, 0.5) is 0 Å². The first-order valence-electron chi connectivity index (χ1n) is 7.32. The predicted molar refractivity (Wildman–Crippen MR) is 84.1 cm³/mol. The molecule has 4 nitrogen and oxygen atoms in total. The molecule has 1 aromatic rings. The molecule has 2 rings (SSSR count). The number of likely N-dealkylation sites (N-methyl/N-ethyl adjacent to an activating group) is 1. The van der Waals surface area contributed by atoms with Gasteiger partial charge in [0.15, 0.2) is 0 Å². The minimum atomic E-state index is 0.217. The molecular weight excluding hydrogens is 270 g/mol. The van der Waals surface area contributed by atoms with Crippen molar-refractivity contribution >= 4 is 17.2 Å². The molecule has 20 heavy (non-hydrogen) atoms. The maximum absolute atomic E-state index is 12.2. The second kappa shape index (κ2) is 7.20. The van der Waals surface area contributed by atoms with Crippen molar-refractivity contribution in [3.8, 4) is 0 Å². The largest absolute Gasteiger partial charge is 0.337 e. The maximum Gasteiger partial charge on any atom is 0.236 e. The Balaban J connectivity index is 1.69. The van der Waals surface area contributed by atoms with Crippen LogP contribution >= 0.6 is 11.3 Å². The van der Waals surface area contributed by atoms with Crippen LogP contribution in [0.25, 0.3) is 0 Å². The Bertz CT molecular complexity index is 444. The molecule has 0 fully saturated rings. The van der Waals surface area contributed by atoms with E-state index in [1.54, 1.807) is 0 Å². The summed E-state index contributed by atoms with van der Waals surface area (Å²) < 4.78 is 0. The summed E-state index contributed by atoms with van der Waals surface area (Å²) in [5.74, 6) is 0.217. The number of hydrogen-bond acceptors (Lipinski definition) is 4. The number of rotatable bonds is 6. The number of hydrogen-bond donors (Lipinski definition) is 1. The summed E-state index contributed by atoms with van der Waals surface area (Å²) in [6, 6.07) is 2.69. The van der Waals surface area contributed by atoms with E-state index in [0.717, 1.165) is 32.6 Å². The summed E-state index contributed by atoms with van der Waals surface area (Å²) in [6.07, 6.45) is 1.01. The van der Waals surface area contributed by atoms with Gasteiger partial charge in [0.25, 0.3) is 0 Å².